The number of benzene rings is 1. The molecule has 1 nitrogen and oxygen atoms in total. The second-order valence-corrected chi connectivity index (χ2v) is 2.65. The van der Waals surface area contributed by atoms with E-state index in [0.717, 1.165) is 4.90 Å². The van der Waals surface area contributed by atoms with Gasteiger partial charge < -0.3 is 4.74 Å². The maximum absolute atomic E-state index is 5.79. The molecular formula is C7H7ClOS. The highest BCUT2D eigenvalue weighted by Crippen LogP contribution is 2.29. The van der Waals surface area contributed by atoms with Gasteiger partial charge in [0.15, 0.2) is 0 Å². The number of hydrogen-bond acceptors (Lipinski definition) is 2. The molecule has 1 aromatic carbocycles. The fourth-order valence-electron chi connectivity index (χ4n) is 0.657. The Morgan fingerprint density at radius 2 is 2.20 bits per heavy atom. The van der Waals surface area contributed by atoms with Gasteiger partial charge in [-0.3, -0.25) is 0 Å². The predicted octanol–water partition coefficient (Wildman–Crippen LogP) is 2.64. The second-order valence-electron chi connectivity index (χ2n) is 1.79. The van der Waals surface area contributed by atoms with Crippen molar-refractivity contribution in [1.29, 1.82) is 0 Å². The lowest BCUT2D eigenvalue weighted by atomic mass is 10.3. The van der Waals surface area contributed by atoms with Crippen molar-refractivity contribution < 1.29 is 4.74 Å². The van der Waals surface area contributed by atoms with E-state index in [1.54, 1.807) is 13.2 Å². The molecule has 0 aliphatic rings. The molecule has 0 aliphatic carbocycles. The summed E-state index contributed by atoms with van der Waals surface area (Å²) in [6.45, 7) is 0. The van der Waals surface area contributed by atoms with Crippen LogP contribution in [0.1, 0.15) is 0 Å². The van der Waals surface area contributed by atoms with Crippen molar-refractivity contribution in [1.82, 2.24) is 0 Å². The number of rotatable bonds is 1. The zero-order chi connectivity index (χ0) is 7.56. The molecule has 0 atom stereocenters. The highest BCUT2D eigenvalue weighted by Gasteiger charge is 2.00. The van der Waals surface area contributed by atoms with Crippen molar-refractivity contribution in [2.75, 3.05) is 7.11 Å². The molecule has 3 heteroatoms. The summed E-state index contributed by atoms with van der Waals surface area (Å²) in [6.07, 6.45) is 0. The Balaban J connectivity index is 3.14. The molecule has 0 aliphatic heterocycles. The predicted molar refractivity (Wildman–Crippen MR) is 45.3 cm³/mol. The quantitative estimate of drug-likeness (QED) is 0.644. The smallest absolute Gasteiger partial charge is 0.138 e. The van der Waals surface area contributed by atoms with Gasteiger partial charge in [-0.1, -0.05) is 17.7 Å². The van der Waals surface area contributed by atoms with E-state index in [9.17, 15) is 0 Å². The SMILES string of the molecule is COc1cccc(S)c1Cl. The first-order chi connectivity index (χ1) is 4.75. The van der Waals surface area contributed by atoms with Gasteiger partial charge in [-0.05, 0) is 12.1 Å². The lowest BCUT2D eigenvalue weighted by Crippen LogP contribution is -1.83. The Morgan fingerprint density at radius 3 is 2.70 bits per heavy atom. The van der Waals surface area contributed by atoms with Crippen LogP contribution in [0.5, 0.6) is 5.75 Å². The fourth-order valence-corrected chi connectivity index (χ4v) is 1.06. The zero-order valence-electron chi connectivity index (χ0n) is 5.47. The highest BCUT2D eigenvalue weighted by atomic mass is 35.5. The van der Waals surface area contributed by atoms with Crippen molar-refractivity contribution in [2.45, 2.75) is 4.90 Å². The Bertz CT molecular complexity index is 237. The van der Waals surface area contributed by atoms with Crippen LogP contribution in [-0.4, -0.2) is 7.11 Å². The van der Waals surface area contributed by atoms with Crippen molar-refractivity contribution in [2.24, 2.45) is 0 Å². The van der Waals surface area contributed by atoms with Gasteiger partial charge in [0, 0.05) is 4.90 Å². The van der Waals surface area contributed by atoms with Crippen LogP contribution in [0.4, 0.5) is 0 Å². The average Bonchev–Trinajstić information content (AvgIpc) is 1.95. The number of methoxy groups -OCH3 is 1. The number of thiol groups is 1. The monoisotopic (exact) mass is 174 g/mol. The van der Waals surface area contributed by atoms with Crippen LogP contribution < -0.4 is 4.74 Å². The first-order valence-corrected chi connectivity index (χ1v) is 3.59. The van der Waals surface area contributed by atoms with E-state index < -0.39 is 0 Å². The van der Waals surface area contributed by atoms with E-state index in [-0.39, 0.29) is 0 Å². The number of ether oxygens (including phenoxy) is 1. The number of halogens is 1. The van der Waals surface area contributed by atoms with E-state index in [4.69, 9.17) is 16.3 Å². The van der Waals surface area contributed by atoms with E-state index in [1.807, 2.05) is 12.1 Å². The lowest BCUT2D eigenvalue weighted by Gasteiger charge is -2.02. The van der Waals surface area contributed by atoms with Gasteiger partial charge in [0.1, 0.15) is 5.75 Å². The summed E-state index contributed by atoms with van der Waals surface area (Å²) in [5.74, 6) is 0.661. The molecule has 0 bridgehead atoms. The van der Waals surface area contributed by atoms with Crippen molar-refractivity contribution in [3.05, 3.63) is 23.2 Å². The average molecular weight is 175 g/mol. The summed E-state index contributed by atoms with van der Waals surface area (Å²) in [4.78, 5) is 0.737. The molecule has 0 heterocycles. The normalized spacial score (nSPS) is 9.50. The Hall–Kier alpha value is -0.340. The Labute approximate surface area is 70.4 Å². The van der Waals surface area contributed by atoms with E-state index >= 15 is 0 Å². The van der Waals surface area contributed by atoms with Gasteiger partial charge in [0.25, 0.3) is 0 Å². The minimum Gasteiger partial charge on any atom is -0.495 e. The maximum atomic E-state index is 5.79. The summed E-state index contributed by atoms with van der Waals surface area (Å²) in [5, 5.41) is 0.563. The lowest BCUT2D eigenvalue weighted by molar-refractivity contribution is 0.414. The minimum atomic E-state index is 0.563. The minimum absolute atomic E-state index is 0.563. The van der Waals surface area contributed by atoms with Gasteiger partial charge in [-0.15, -0.1) is 12.6 Å². The maximum Gasteiger partial charge on any atom is 0.138 e. The Kier molecular flexibility index (Phi) is 2.46. The van der Waals surface area contributed by atoms with Crippen molar-refractivity contribution in [3.63, 3.8) is 0 Å². The molecule has 0 N–H and O–H groups in total. The molecule has 0 fully saturated rings. The molecule has 0 amide bonds. The zero-order valence-corrected chi connectivity index (χ0v) is 7.12. The summed E-state index contributed by atoms with van der Waals surface area (Å²) in [7, 11) is 1.58. The number of hydrogen-bond donors (Lipinski definition) is 1. The van der Waals surface area contributed by atoms with Crippen LogP contribution in [0.15, 0.2) is 23.1 Å². The highest BCUT2D eigenvalue weighted by molar-refractivity contribution is 7.80. The molecule has 0 saturated carbocycles. The first-order valence-electron chi connectivity index (χ1n) is 2.77. The topological polar surface area (TPSA) is 9.23 Å². The van der Waals surface area contributed by atoms with Gasteiger partial charge in [0.2, 0.25) is 0 Å². The Morgan fingerprint density at radius 1 is 1.50 bits per heavy atom. The first kappa shape index (κ1) is 7.76. The van der Waals surface area contributed by atoms with Gasteiger partial charge >= 0.3 is 0 Å². The molecular weight excluding hydrogens is 168 g/mol. The van der Waals surface area contributed by atoms with E-state index in [2.05, 4.69) is 12.6 Å². The molecule has 1 aromatic rings. The van der Waals surface area contributed by atoms with Gasteiger partial charge in [-0.2, -0.15) is 0 Å². The van der Waals surface area contributed by atoms with E-state index in [1.165, 1.54) is 0 Å². The summed E-state index contributed by atoms with van der Waals surface area (Å²) in [5.41, 5.74) is 0. The third kappa shape index (κ3) is 1.39. The van der Waals surface area contributed by atoms with Crippen LogP contribution >= 0.6 is 24.2 Å². The van der Waals surface area contributed by atoms with Crippen molar-refractivity contribution in [3.8, 4) is 5.75 Å². The standard InChI is InChI=1S/C7H7ClOS/c1-9-5-3-2-4-6(10)7(5)8/h2-4,10H,1H3. The molecule has 10 heavy (non-hydrogen) atoms. The summed E-state index contributed by atoms with van der Waals surface area (Å²) < 4.78 is 4.94. The third-order valence-electron chi connectivity index (χ3n) is 1.16. The van der Waals surface area contributed by atoms with E-state index in [0.29, 0.717) is 10.8 Å². The largest absolute Gasteiger partial charge is 0.495 e. The van der Waals surface area contributed by atoms with Crippen LogP contribution in [0.25, 0.3) is 0 Å². The molecule has 54 valence electrons. The fraction of sp³-hybridized carbons (Fsp3) is 0.143. The van der Waals surface area contributed by atoms with Crippen LogP contribution in [0.3, 0.4) is 0 Å². The van der Waals surface area contributed by atoms with Gasteiger partial charge in [0.05, 0.1) is 12.1 Å². The summed E-state index contributed by atoms with van der Waals surface area (Å²) in [6, 6.07) is 5.45. The van der Waals surface area contributed by atoms with Gasteiger partial charge in [-0.25, -0.2) is 0 Å². The van der Waals surface area contributed by atoms with Crippen LogP contribution in [0.2, 0.25) is 5.02 Å². The third-order valence-corrected chi connectivity index (χ3v) is 2.06. The summed E-state index contributed by atoms with van der Waals surface area (Å²) >= 11 is 9.90. The molecule has 0 unspecified atom stereocenters. The molecule has 0 radical (unpaired) electrons. The molecule has 1 rings (SSSR count). The van der Waals surface area contributed by atoms with Crippen LogP contribution in [-0.2, 0) is 0 Å². The molecule has 0 saturated heterocycles. The second kappa shape index (κ2) is 3.17. The van der Waals surface area contributed by atoms with Crippen LogP contribution in [0, 0.1) is 0 Å². The van der Waals surface area contributed by atoms with Crippen molar-refractivity contribution >= 4 is 24.2 Å². The molecule has 0 aromatic heterocycles. The molecule has 0 spiro atoms.